The zero-order chi connectivity index (χ0) is 8.85. The average Bonchev–Trinajstić information content (AvgIpc) is 1.85. The lowest BCUT2D eigenvalue weighted by Gasteiger charge is -1.95. The van der Waals surface area contributed by atoms with Crippen LogP contribution >= 0.6 is 0 Å². The molecule has 0 aliphatic rings. The van der Waals surface area contributed by atoms with E-state index in [4.69, 9.17) is 0 Å². The third-order valence-electron chi connectivity index (χ3n) is 1.22. The highest BCUT2D eigenvalue weighted by Crippen LogP contribution is 1.93. The fraction of sp³-hybridized carbons (Fsp3) is 0.556. The van der Waals surface area contributed by atoms with Crippen molar-refractivity contribution in [1.82, 2.24) is 0 Å². The maximum atomic E-state index is 4.24. The molecule has 0 heterocycles. The Hall–Kier alpha value is -0.920. The molecule has 0 atom stereocenters. The topological polar surface area (TPSA) is 24.7 Å². The predicted molar refractivity (Wildman–Crippen MR) is 51.3 cm³/mol. The van der Waals surface area contributed by atoms with E-state index in [1.165, 1.54) is 0 Å². The molecule has 0 rings (SSSR count). The molecule has 0 radical (unpaired) electrons. The fourth-order valence-corrected chi connectivity index (χ4v) is 0.656. The Labute approximate surface area is 68.8 Å². The summed E-state index contributed by atoms with van der Waals surface area (Å²) in [5.74, 6) is 0.789. The van der Waals surface area contributed by atoms with Crippen molar-refractivity contribution in [1.29, 1.82) is 0 Å². The van der Waals surface area contributed by atoms with E-state index in [0.29, 0.717) is 0 Å². The van der Waals surface area contributed by atoms with E-state index >= 15 is 0 Å². The van der Waals surface area contributed by atoms with Crippen LogP contribution in [-0.4, -0.2) is 11.5 Å². The van der Waals surface area contributed by atoms with Crippen molar-refractivity contribution in [2.24, 2.45) is 9.98 Å². The molecule has 0 bridgehead atoms. The summed E-state index contributed by atoms with van der Waals surface area (Å²) in [6.07, 6.45) is 0.975. The van der Waals surface area contributed by atoms with Gasteiger partial charge in [0.1, 0.15) is 5.84 Å². The Bertz CT molecular complexity index is 200. The molecule has 0 unspecified atom stereocenters. The van der Waals surface area contributed by atoms with Crippen LogP contribution in [0.1, 0.15) is 34.1 Å². The highest BCUT2D eigenvalue weighted by molar-refractivity contribution is 5.96. The van der Waals surface area contributed by atoms with Gasteiger partial charge in [0.25, 0.3) is 0 Å². The number of nitrogens with zero attached hydrogens (tertiary/aromatic N) is 2. The van der Waals surface area contributed by atoms with Gasteiger partial charge in [0, 0.05) is 11.4 Å². The molecule has 0 aromatic heterocycles. The average molecular weight is 152 g/mol. The van der Waals surface area contributed by atoms with Crippen LogP contribution in [0.3, 0.4) is 0 Å². The van der Waals surface area contributed by atoms with Crippen molar-refractivity contribution in [3.8, 4) is 0 Å². The number of aliphatic imine (C=N–C) groups is 2. The van der Waals surface area contributed by atoms with Gasteiger partial charge in [-0.25, -0.2) is 9.98 Å². The predicted octanol–water partition coefficient (Wildman–Crippen LogP) is 2.81. The lowest BCUT2D eigenvalue weighted by atomic mass is 10.3. The monoisotopic (exact) mass is 152 g/mol. The Kier molecular flexibility index (Phi) is 4.42. The molecule has 0 aliphatic carbocycles. The highest BCUT2D eigenvalue weighted by atomic mass is 14.9. The quantitative estimate of drug-likeness (QED) is 0.429. The Morgan fingerprint density at radius 1 is 1.18 bits per heavy atom. The molecule has 11 heavy (non-hydrogen) atoms. The summed E-state index contributed by atoms with van der Waals surface area (Å²) in [5.41, 5.74) is 1.91. The number of hydrogen-bond donors (Lipinski definition) is 0. The standard InChI is InChI=1S/C9H16N2/c1-6-8(4)11-9(5)10-7(2)3/h2,6H2,1,3-5H3. The van der Waals surface area contributed by atoms with Crippen molar-refractivity contribution in [2.45, 2.75) is 34.1 Å². The minimum atomic E-state index is 0.789. The molecule has 0 aromatic rings. The smallest absolute Gasteiger partial charge is 0.125 e. The second-order valence-corrected chi connectivity index (χ2v) is 2.59. The van der Waals surface area contributed by atoms with Gasteiger partial charge < -0.3 is 0 Å². The third-order valence-corrected chi connectivity index (χ3v) is 1.22. The molecule has 0 fully saturated rings. The molecule has 2 heteroatoms. The van der Waals surface area contributed by atoms with Gasteiger partial charge in [0.2, 0.25) is 0 Å². The number of allylic oxidation sites excluding steroid dienone is 1. The molecule has 0 saturated heterocycles. The fourth-order valence-electron chi connectivity index (χ4n) is 0.656. The molecule has 0 amide bonds. The van der Waals surface area contributed by atoms with Crippen LogP contribution in [0.2, 0.25) is 0 Å². The Morgan fingerprint density at radius 3 is 2.09 bits per heavy atom. The second-order valence-electron chi connectivity index (χ2n) is 2.59. The lowest BCUT2D eigenvalue weighted by Crippen LogP contribution is -1.94. The van der Waals surface area contributed by atoms with Crippen LogP contribution in [0, 0.1) is 0 Å². The van der Waals surface area contributed by atoms with E-state index in [1.807, 2.05) is 20.8 Å². The molecule has 2 nitrogen and oxygen atoms in total. The molecule has 0 aliphatic heterocycles. The van der Waals surface area contributed by atoms with Crippen LogP contribution in [0.25, 0.3) is 0 Å². The first-order valence-electron chi connectivity index (χ1n) is 3.81. The van der Waals surface area contributed by atoms with Crippen molar-refractivity contribution in [3.05, 3.63) is 12.3 Å². The summed E-state index contributed by atoms with van der Waals surface area (Å²) in [7, 11) is 0. The van der Waals surface area contributed by atoms with Crippen LogP contribution in [-0.2, 0) is 0 Å². The third kappa shape index (κ3) is 5.52. The summed E-state index contributed by atoms with van der Waals surface area (Å²) in [4.78, 5) is 8.34. The van der Waals surface area contributed by atoms with Gasteiger partial charge in [0.05, 0.1) is 0 Å². The van der Waals surface area contributed by atoms with Crippen molar-refractivity contribution in [3.63, 3.8) is 0 Å². The van der Waals surface area contributed by atoms with Gasteiger partial charge in [-0.3, -0.25) is 0 Å². The summed E-state index contributed by atoms with van der Waals surface area (Å²) < 4.78 is 0. The molecule has 62 valence electrons. The van der Waals surface area contributed by atoms with Crippen molar-refractivity contribution in [2.75, 3.05) is 0 Å². The van der Waals surface area contributed by atoms with Gasteiger partial charge in [-0.1, -0.05) is 13.5 Å². The molecule has 0 spiro atoms. The number of hydrogen-bond acceptors (Lipinski definition) is 1. The minimum Gasteiger partial charge on any atom is -0.243 e. The largest absolute Gasteiger partial charge is 0.243 e. The van der Waals surface area contributed by atoms with E-state index in [9.17, 15) is 0 Å². The summed E-state index contributed by atoms with van der Waals surface area (Å²) in [6, 6.07) is 0. The zero-order valence-electron chi connectivity index (χ0n) is 7.81. The van der Waals surface area contributed by atoms with Gasteiger partial charge >= 0.3 is 0 Å². The van der Waals surface area contributed by atoms with Gasteiger partial charge in [-0.05, 0) is 27.2 Å². The molecule has 0 N–H and O–H groups in total. The highest BCUT2D eigenvalue weighted by Gasteiger charge is 1.88. The van der Waals surface area contributed by atoms with Crippen LogP contribution in [0.15, 0.2) is 22.3 Å². The maximum Gasteiger partial charge on any atom is 0.125 e. The normalized spacial score (nSPS) is 13.5. The van der Waals surface area contributed by atoms with Crippen LogP contribution in [0.5, 0.6) is 0 Å². The van der Waals surface area contributed by atoms with Gasteiger partial charge in [-0.2, -0.15) is 0 Å². The molecule has 0 saturated carbocycles. The minimum absolute atomic E-state index is 0.789. The van der Waals surface area contributed by atoms with E-state index in [2.05, 4.69) is 23.5 Å². The van der Waals surface area contributed by atoms with Crippen molar-refractivity contribution < 1.29 is 0 Å². The maximum absolute atomic E-state index is 4.24. The first-order chi connectivity index (χ1) is 5.06. The first kappa shape index (κ1) is 10.1. The second kappa shape index (κ2) is 4.83. The zero-order valence-corrected chi connectivity index (χ0v) is 7.81. The molecule has 0 aromatic carbocycles. The molecular weight excluding hydrogens is 136 g/mol. The molecular formula is C9H16N2. The lowest BCUT2D eigenvalue weighted by molar-refractivity contribution is 1.24. The van der Waals surface area contributed by atoms with Crippen LogP contribution < -0.4 is 0 Å². The summed E-state index contributed by atoms with van der Waals surface area (Å²) in [6.45, 7) is 11.5. The number of rotatable bonds is 2. The first-order valence-corrected chi connectivity index (χ1v) is 3.81. The summed E-state index contributed by atoms with van der Waals surface area (Å²) >= 11 is 0. The van der Waals surface area contributed by atoms with Gasteiger partial charge in [0.15, 0.2) is 0 Å². The SMILES string of the molecule is C=C(C)N=C(C)N=C(C)CC. The van der Waals surface area contributed by atoms with E-state index < -0.39 is 0 Å². The van der Waals surface area contributed by atoms with E-state index in [0.717, 1.165) is 23.7 Å². The van der Waals surface area contributed by atoms with E-state index in [-0.39, 0.29) is 0 Å². The van der Waals surface area contributed by atoms with E-state index in [1.54, 1.807) is 0 Å². The van der Waals surface area contributed by atoms with Crippen LogP contribution in [0.4, 0.5) is 0 Å². The van der Waals surface area contributed by atoms with Gasteiger partial charge in [-0.15, -0.1) is 0 Å². The van der Waals surface area contributed by atoms with Crippen molar-refractivity contribution >= 4 is 11.5 Å². The summed E-state index contributed by atoms with van der Waals surface area (Å²) in [5, 5.41) is 0. The number of amidine groups is 1. The Balaban J connectivity index is 4.26. The Morgan fingerprint density at radius 2 is 1.73 bits per heavy atom.